The molecular formula is C14H29BN2O4. The molecule has 0 aromatic rings. The van der Waals surface area contributed by atoms with E-state index in [4.69, 9.17) is 15.8 Å². The fourth-order valence-corrected chi connectivity index (χ4v) is 3.15. The number of carbonyl (C=O) groups is 1. The lowest BCUT2D eigenvalue weighted by molar-refractivity contribution is -0.148. The van der Waals surface area contributed by atoms with Crippen LogP contribution in [-0.4, -0.2) is 58.3 Å². The molecule has 5 N–H and O–H groups in total. The van der Waals surface area contributed by atoms with E-state index < -0.39 is 18.6 Å². The molecular weight excluding hydrogens is 271 g/mol. The summed E-state index contributed by atoms with van der Waals surface area (Å²) >= 11 is 0. The Morgan fingerprint density at radius 1 is 1.43 bits per heavy atom. The Balaban J connectivity index is 2.72. The predicted octanol–water partition coefficient (Wildman–Crippen LogP) is 0.388. The van der Waals surface area contributed by atoms with Crippen molar-refractivity contribution in [1.29, 1.82) is 0 Å². The molecule has 122 valence electrons. The maximum Gasteiger partial charge on any atom is 0.451 e. The van der Waals surface area contributed by atoms with Gasteiger partial charge < -0.3 is 25.8 Å². The molecule has 0 amide bonds. The van der Waals surface area contributed by atoms with Crippen molar-refractivity contribution < 1.29 is 19.9 Å². The predicted molar refractivity (Wildman–Crippen MR) is 82.8 cm³/mol. The van der Waals surface area contributed by atoms with Gasteiger partial charge >= 0.3 is 13.1 Å². The second-order valence-electron chi connectivity index (χ2n) is 6.78. The lowest BCUT2D eigenvalue weighted by Gasteiger charge is -2.43. The highest BCUT2D eigenvalue weighted by Gasteiger charge is 2.47. The lowest BCUT2D eigenvalue weighted by atomic mass is 9.66. The first-order chi connectivity index (χ1) is 9.66. The molecule has 0 radical (unpaired) electrons. The van der Waals surface area contributed by atoms with Crippen LogP contribution in [0.5, 0.6) is 0 Å². The normalized spacial score (nSPS) is 29.9. The van der Waals surface area contributed by atoms with E-state index in [1.807, 2.05) is 7.05 Å². The zero-order chi connectivity index (χ0) is 16.2. The number of nitrogens with two attached hydrogens (primary N) is 1. The van der Waals surface area contributed by atoms with E-state index in [9.17, 15) is 9.90 Å². The van der Waals surface area contributed by atoms with Gasteiger partial charge in [0, 0.05) is 18.5 Å². The van der Waals surface area contributed by atoms with Crippen LogP contribution in [0, 0.1) is 11.8 Å². The van der Waals surface area contributed by atoms with Crippen LogP contribution in [0.15, 0.2) is 0 Å². The average Bonchev–Trinajstić information content (AvgIpc) is 2.38. The molecule has 0 saturated heterocycles. The van der Waals surface area contributed by atoms with Crippen LogP contribution in [0.3, 0.4) is 0 Å². The quantitative estimate of drug-likeness (QED) is 0.507. The van der Waals surface area contributed by atoms with Crippen LogP contribution < -0.4 is 5.73 Å². The molecule has 1 aliphatic rings. The maximum atomic E-state index is 11.7. The Kier molecular flexibility index (Phi) is 6.65. The zero-order valence-corrected chi connectivity index (χ0v) is 13.3. The summed E-state index contributed by atoms with van der Waals surface area (Å²) in [5.41, 5.74) is 5.02. The van der Waals surface area contributed by atoms with E-state index >= 15 is 0 Å². The van der Waals surface area contributed by atoms with Crippen LogP contribution in [0.4, 0.5) is 0 Å². The van der Waals surface area contributed by atoms with Gasteiger partial charge in [-0.05, 0) is 52.4 Å². The van der Waals surface area contributed by atoms with E-state index in [-0.39, 0.29) is 18.2 Å². The third kappa shape index (κ3) is 4.95. The summed E-state index contributed by atoms with van der Waals surface area (Å²) in [7, 11) is 0.660. The minimum absolute atomic E-state index is 0.0716. The van der Waals surface area contributed by atoms with Gasteiger partial charge in [0.2, 0.25) is 0 Å². The summed E-state index contributed by atoms with van der Waals surface area (Å²) in [5, 5.41) is 27.5. The maximum absolute atomic E-state index is 11.7. The molecule has 1 saturated carbocycles. The summed E-state index contributed by atoms with van der Waals surface area (Å²) in [6.07, 6.45) is 2.96. The molecule has 7 heteroatoms. The van der Waals surface area contributed by atoms with E-state index in [2.05, 4.69) is 18.7 Å². The van der Waals surface area contributed by atoms with Gasteiger partial charge in [0.05, 0.1) is 0 Å². The third-order valence-electron chi connectivity index (χ3n) is 4.90. The first kappa shape index (κ1) is 18.4. The molecule has 0 aromatic carbocycles. The topological polar surface area (TPSA) is 107 Å². The summed E-state index contributed by atoms with van der Waals surface area (Å²) in [4.78, 5) is 13.8. The summed E-state index contributed by atoms with van der Waals surface area (Å²) in [5.74, 6) is -0.870. The zero-order valence-electron chi connectivity index (χ0n) is 13.3. The largest absolute Gasteiger partial charge is 0.480 e. The Bertz CT molecular complexity index is 354. The van der Waals surface area contributed by atoms with Crippen LogP contribution in [-0.2, 0) is 4.79 Å². The molecule has 0 aromatic heterocycles. The van der Waals surface area contributed by atoms with Crippen molar-refractivity contribution in [3.63, 3.8) is 0 Å². The highest BCUT2D eigenvalue weighted by atomic mass is 16.4. The molecule has 6 nitrogen and oxygen atoms in total. The van der Waals surface area contributed by atoms with Gasteiger partial charge in [-0.1, -0.05) is 6.42 Å². The number of carboxylic acid groups (broad SMARTS) is 1. The second kappa shape index (κ2) is 7.58. The number of carboxylic acids is 1. The smallest absolute Gasteiger partial charge is 0.451 e. The Morgan fingerprint density at radius 3 is 2.52 bits per heavy atom. The minimum atomic E-state index is -1.33. The van der Waals surface area contributed by atoms with Crippen molar-refractivity contribution >= 4 is 13.1 Å². The number of rotatable bonds is 7. The van der Waals surface area contributed by atoms with Crippen LogP contribution in [0.2, 0.25) is 6.32 Å². The van der Waals surface area contributed by atoms with E-state index in [0.29, 0.717) is 25.4 Å². The standard InChI is InChI=1S/C14H29BN2O4/c1-10(2)17(3)9-12-5-4-11(6-7-15(20)21)8-14(12,16)13(18)19/h10-12,20-21H,4-9,16H2,1-3H3,(H,18,19)/t11-,12+,14+/m0/s1. The van der Waals surface area contributed by atoms with Crippen molar-refractivity contribution in [2.24, 2.45) is 17.6 Å². The number of hydrogen-bond acceptors (Lipinski definition) is 5. The molecule has 0 unspecified atom stereocenters. The van der Waals surface area contributed by atoms with Crippen molar-refractivity contribution in [1.82, 2.24) is 4.90 Å². The average molecular weight is 300 g/mol. The van der Waals surface area contributed by atoms with Gasteiger partial charge in [-0.15, -0.1) is 0 Å². The molecule has 1 fully saturated rings. The number of hydrogen-bond donors (Lipinski definition) is 4. The first-order valence-corrected chi connectivity index (χ1v) is 7.75. The van der Waals surface area contributed by atoms with E-state index in [1.165, 1.54) is 0 Å². The van der Waals surface area contributed by atoms with Crippen LogP contribution in [0.25, 0.3) is 0 Å². The van der Waals surface area contributed by atoms with Crippen LogP contribution in [0.1, 0.15) is 39.5 Å². The van der Waals surface area contributed by atoms with E-state index in [0.717, 1.165) is 12.8 Å². The molecule has 0 spiro atoms. The third-order valence-corrected chi connectivity index (χ3v) is 4.90. The molecule has 1 aliphatic carbocycles. The summed E-state index contributed by atoms with van der Waals surface area (Å²) < 4.78 is 0. The van der Waals surface area contributed by atoms with Gasteiger partial charge in [-0.25, -0.2) is 0 Å². The number of aliphatic carboxylic acids is 1. The summed E-state index contributed by atoms with van der Waals surface area (Å²) in [6, 6.07) is 0.352. The highest BCUT2D eigenvalue weighted by molar-refractivity contribution is 6.40. The van der Waals surface area contributed by atoms with Gasteiger partial charge in [-0.2, -0.15) is 0 Å². The number of nitrogens with zero attached hydrogens (tertiary/aromatic N) is 1. The molecule has 0 aliphatic heterocycles. The van der Waals surface area contributed by atoms with Crippen molar-refractivity contribution in [3.8, 4) is 0 Å². The van der Waals surface area contributed by atoms with Gasteiger partial charge in [0.1, 0.15) is 5.54 Å². The minimum Gasteiger partial charge on any atom is -0.480 e. The Hall–Kier alpha value is -0.625. The Morgan fingerprint density at radius 2 is 2.05 bits per heavy atom. The fraction of sp³-hybridized carbons (Fsp3) is 0.929. The van der Waals surface area contributed by atoms with Gasteiger partial charge in [0.15, 0.2) is 0 Å². The second-order valence-corrected chi connectivity index (χ2v) is 6.78. The fourth-order valence-electron chi connectivity index (χ4n) is 3.15. The molecule has 0 bridgehead atoms. The highest BCUT2D eigenvalue weighted by Crippen LogP contribution is 2.38. The molecule has 3 atom stereocenters. The van der Waals surface area contributed by atoms with Crippen molar-refractivity contribution in [2.45, 2.75) is 57.4 Å². The monoisotopic (exact) mass is 300 g/mol. The summed E-state index contributed by atoms with van der Waals surface area (Å²) in [6.45, 7) is 4.83. The molecule has 21 heavy (non-hydrogen) atoms. The van der Waals surface area contributed by atoms with Gasteiger partial charge in [0.25, 0.3) is 0 Å². The van der Waals surface area contributed by atoms with Crippen molar-refractivity contribution in [2.75, 3.05) is 13.6 Å². The Labute approximate surface area is 127 Å². The van der Waals surface area contributed by atoms with E-state index in [1.54, 1.807) is 0 Å². The van der Waals surface area contributed by atoms with Crippen molar-refractivity contribution in [3.05, 3.63) is 0 Å². The molecule has 0 heterocycles. The molecule has 1 rings (SSSR count). The van der Waals surface area contributed by atoms with Crippen LogP contribution >= 0.6 is 0 Å². The SMILES string of the molecule is CC(C)N(C)C[C@H]1CC[C@@H](CCB(O)O)C[C@]1(N)C(=O)O. The first-order valence-electron chi connectivity index (χ1n) is 7.75. The van der Waals surface area contributed by atoms with Gasteiger partial charge in [-0.3, -0.25) is 4.79 Å². The lowest BCUT2D eigenvalue weighted by Crippen LogP contribution is -2.60.